The molecule has 8 nitrogen and oxygen atoms in total. The van der Waals surface area contributed by atoms with Crippen LogP contribution >= 0.6 is 0 Å². The van der Waals surface area contributed by atoms with Crippen LogP contribution in [0.1, 0.15) is 10.5 Å². The number of hydrogen-bond acceptors (Lipinski definition) is 5. The lowest BCUT2D eigenvalue weighted by molar-refractivity contribution is -0.122. The summed E-state index contributed by atoms with van der Waals surface area (Å²) in [5.74, 6) is -1.18. The van der Waals surface area contributed by atoms with Gasteiger partial charge in [0.2, 0.25) is 5.91 Å². The number of nitrogens with one attached hydrogen (secondary N) is 1. The highest BCUT2D eigenvalue weighted by Crippen LogP contribution is 2.17. The van der Waals surface area contributed by atoms with Crippen molar-refractivity contribution >= 4 is 22.6 Å². The normalized spacial score (nSPS) is 19.2. The van der Waals surface area contributed by atoms with Gasteiger partial charge in [-0.15, -0.1) is 0 Å². The summed E-state index contributed by atoms with van der Waals surface area (Å²) < 4.78 is 0. The van der Waals surface area contributed by atoms with Gasteiger partial charge in [0.15, 0.2) is 5.69 Å². The van der Waals surface area contributed by atoms with Crippen molar-refractivity contribution in [1.29, 1.82) is 0 Å². The molecule has 126 valence electrons. The molecular weight excluding hydrogens is 310 g/mol. The van der Waals surface area contributed by atoms with Crippen molar-refractivity contribution in [2.45, 2.75) is 0 Å². The van der Waals surface area contributed by atoms with Gasteiger partial charge in [-0.1, -0.05) is 18.2 Å². The Morgan fingerprint density at radius 1 is 1.21 bits per heavy atom. The fourth-order valence-corrected chi connectivity index (χ4v) is 2.97. The van der Waals surface area contributed by atoms with E-state index < -0.39 is 11.8 Å². The molecular formula is C16H19N5O3. The van der Waals surface area contributed by atoms with Gasteiger partial charge >= 0.3 is 0 Å². The van der Waals surface area contributed by atoms with Crippen LogP contribution in [-0.2, 0) is 4.79 Å². The second-order valence-corrected chi connectivity index (χ2v) is 6.06. The Bertz CT molecular complexity index is 847. The fraction of sp³-hybridized carbons (Fsp3) is 0.375. The van der Waals surface area contributed by atoms with E-state index in [-0.39, 0.29) is 23.7 Å². The third-order valence-corrected chi connectivity index (χ3v) is 4.31. The maximum Gasteiger partial charge on any atom is 0.275 e. The van der Waals surface area contributed by atoms with Crippen LogP contribution in [0.4, 0.5) is 0 Å². The van der Waals surface area contributed by atoms with E-state index in [1.807, 2.05) is 11.9 Å². The number of nitrogens with two attached hydrogens (primary N) is 1. The zero-order chi connectivity index (χ0) is 17.3. The SMILES string of the molecule is CN1CCN(C(=O)c2n[nH]c(=O)c3ccccc23)CC(C(N)=O)C1. The number of fused-ring (bicyclic) bond motifs is 1. The van der Waals surface area contributed by atoms with E-state index in [9.17, 15) is 14.4 Å². The number of hydrogen-bond donors (Lipinski definition) is 2. The Hall–Kier alpha value is -2.74. The quantitative estimate of drug-likeness (QED) is 0.765. The maximum absolute atomic E-state index is 12.9. The average Bonchev–Trinajstić information content (AvgIpc) is 2.77. The summed E-state index contributed by atoms with van der Waals surface area (Å²) in [6, 6.07) is 6.83. The lowest BCUT2D eigenvalue weighted by atomic mass is 10.1. The van der Waals surface area contributed by atoms with E-state index in [0.29, 0.717) is 30.4 Å². The molecule has 1 aliphatic rings. The highest BCUT2D eigenvalue weighted by atomic mass is 16.2. The second kappa shape index (κ2) is 6.40. The molecule has 2 aromatic rings. The maximum atomic E-state index is 12.9. The number of amides is 2. The van der Waals surface area contributed by atoms with E-state index in [4.69, 9.17) is 5.73 Å². The number of likely N-dealkylation sites (N-methyl/N-ethyl adjacent to an activating group) is 1. The van der Waals surface area contributed by atoms with Crippen molar-refractivity contribution in [2.24, 2.45) is 11.7 Å². The summed E-state index contributed by atoms with van der Waals surface area (Å²) in [7, 11) is 1.89. The number of rotatable bonds is 2. The number of carbonyl (C=O) groups is 2. The molecule has 0 spiro atoms. The molecule has 3 rings (SSSR count). The number of benzene rings is 1. The summed E-state index contributed by atoms with van der Waals surface area (Å²) in [6.07, 6.45) is 0. The first kappa shape index (κ1) is 16.1. The number of H-pyrrole nitrogens is 1. The Morgan fingerprint density at radius 3 is 2.62 bits per heavy atom. The van der Waals surface area contributed by atoms with E-state index in [1.165, 1.54) is 0 Å². The third kappa shape index (κ3) is 3.00. The summed E-state index contributed by atoms with van der Waals surface area (Å²) in [5.41, 5.74) is 5.28. The van der Waals surface area contributed by atoms with Crippen LogP contribution in [0.3, 0.4) is 0 Å². The number of aromatic nitrogens is 2. The van der Waals surface area contributed by atoms with Gasteiger partial charge in [0, 0.05) is 31.6 Å². The van der Waals surface area contributed by atoms with Crippen molar-refractivity contribution in [3.05, 3.63) is 40.3 Å². The summed E-state index contributed by atoms with van der Waals surface area (Å²) in [5, 5.41) is 7.22. The van der Waals surface area contributed by atoms with Crippen molar-refractivity contribution in [2.75, 3.05) is 33.2 Å². The largest absolute Gasteiger partial charge is 0.369 e. The highest BCUT2D eigenvalue weighted by Gasteiger charge is 2.29. The van der Waals surface area contributed by atoms with E-state index >= 15 is 0 Å². The molecule has 1 aromatic carbocycles. The lowest BCUT2D eigenvalue weighted by Crippen LogP contribution is -2.40. The summed E-state index contributed by atoms with van der Waals surface area (Å²) in [6.45, 7) is 1.86. The molecule has 24 heavy (non-hydrogen) atoms. The molecule has 1 aliphatic heterocycles. The summed E-state index contributed by atoms with van der Waals surface area (Å²) >= 11 is 0. The van der Waals surface area contributed by atoms with Crippen LogP contribution in [0.2, 0.25) is 0 Å². The third-order valence-electron chi connectivity index (χ3n) is 4.31. The van der Waals surface area contributed by atoms with Crippen LogP contribution in [-0.4, -0.2) is 65.0 Å². The Labute approximate surface area is 138 Å². The molecule has 2 heterocycles. The average molecular weight is 329 g/mol. The molecule has 1 aromatic heterocycles. The van der Waals surface area contributed by atoms with Gasteiger partial charge in [0.1, 0.15) is 0 Å². The van der Waals surface area contributed by atoms with Gasteiger partial charge < -0.3 is 15.5 Å². The predicted molar refractivity (Wildman–Crippen MR) is 88.4 cm³/mol. The zero-order valence-electron chi connectivity index (χ0n) is 13.4. The number of carbonyl (C=O) groups excluding carboxylic acids is 2. The Kier molecular flexibility index (Phi) is 4.30. The monoisotopic (exact) mass is 329 g/mol. The molecule has 8 heteroatoms. The van der Waals surface area contributed by atoms with Gasteiger partial charge in [-0.3, -0.25) is 14.4 Å². The fourth-order valence-electron chi connectivity index (χ4n) is 2.97. The first-order chi connectivity index (χ1) is 11.5. The Balaban J connectivity index is 1.98. The van der Waals surface area contributed by atoms with Gasteiger partial charge in [0.25, 0.3) is 11.5 Å². The minimum absolute atomic E-state index is 0.179. The van der Waals surface area contributed by atoms with Gasteiger partial charge in [0.05, 0.1) is 11.3 Å². The lowest BCUT2D eigenvalue weighted by Gasteiger charge is -2.22. The smallest absolute Gasteiger partial charge is 0.275 e. The van der Waals surface area contributed by atoms with E-state index in [1.54, 1.807) is 29.2 Å². The van der Waals surface area contributed by atoms with Crippen molar-refractivity contribution in [3.63, 3.8) is 0 Å². The molecule has 2 amide bonds. The van der Waals surface area contributed by atoms with Crippen LogP contribution in [0.5, 0.6) is 0 Å². The minimum atomic E-state index is -0.435. The molecule has 1 saturated heterocycles. The first-order valence-corrected chi connectivity index (χ1v) is 7.72. The molecule has 1 atom stereocenters. The van der Waals surface area contributed by atoms with Crippen molar-refractivity contribution in [1.82, 2.24) is 20.0 Å². The van der Waals surface area contributed by atoms with Crippen LogP contribution in [0, 0.1) is 5.92 Å². The molecule has 0 aliphatic carbocycles. The molecule has 1 fully saturated rings. The molecule has 3 N–H and O–H groups in total. The number of nitrogens with zero attached hydrogens (tertiary/aromatic N) is 3. The highest BCUT2D eigenvalue weighted by molar-refractivity contribution is 6.04. The van der Waals surface area contributed by atoms with Crippen LogP contribution in [0.25, 0.3) is 10.8 Å². The molecule has 0 radical (unpaired) electrons. The van der Waals surface area contributed by atoms with Crippen molar-refractivity contribution in [3.8, 4) is 0 Å². The predicted octanol–water partition coefficient (Wildman–Crippen LogP) is -0.588. The summed E-state index contributed by atoms with van der Waals surface area (Å²) in [4.78, 5) is 39.9. The van der Waals surface area contributed by atoms with Crippen LogP contribution in [0.15, 0.2) is 29.1 Å². The minimum Gasteiger partial charge on any atom is -0.369 e. The van der Waals surface area contributed by atoms with Gasteiger partial charge in [-0.2, -0.15) is 5.10 Å². The number of aromatic amines is 1. The van der Waals surface area contributed by atoms with Gasteiger partial charge in [-0.25, -0.2) is 5.10 Å². The molecule has 0 bridgehead atoms. The van der Waals surface area contributed by atoms with Crippen LogP contribution < -0.4 is 11.3 Å². The zero-order valence-corrected chi connectivity index (χ0v) is 13.4. The first-order valence-electron chi connectivity index (χ1n) is 7.72. The molecule has 0 saturated carbocycles. The Morgan fingerprint density at radius 2 is 1.92 bits per heavy atom. The van der Waals surface area contributed by atoms with Gasteiger partial charge in [-0.05, 0) is 13.1 Å². The van der Waals surface area contributed by atoms with E-state index in [0.717, 1.165) is 0 Å². The van der Waals surface area contributed by atoms with Crippen molar-refractivity contribution < 1.29 is 9.59 Å². The standard InChI is InChI=1S/C16H19N5O3/c1-20-6-7-21(9-10(8-20)14(17)22)16(24)13-11-4-2-3-5-12(11)15(23)19-18-13/h2-5,10H,6-9H2,1H3,(H2,17,22)(H,19,23). The number of primary amides is 1. The topological polar surface area (TPSA) is 112 Å². The molecule has 1 unspecified atom stereocenters. The second-order valence-electron chi connectivity index (χ2n) is 6.06. The van der Waals surface area contributed by atoms with E-state index in [2.05, 4.69) is 10.2 Å².